The van der Waals surface area contributed by atoms with Crippen molar-refractivity contribution in [3.63, 3.8) is 0 Å². The SMILES string of the molecule is O=c1c2ccccc2[nH]c(=S)n1[C@H]1CCS(=O)(=O)C1. The van der Waals surface area contributed by atoms with Crippen molar-refractivity contribution in [3.8, 4) is 0 Å². The number of para-hydroxylation sites is 1. The number of nitrogens with zero attached hydrogens (tertiary/aromatic N) is 1. The van der Waals surface area contributed by atoms with Crippen LogP contribution in [0, 0.1) is 4.77 Å². The maximum atomic E-state index is 12.4. The van der Waals surface area contributed by atoms with Gasteiger partial charge >= 0.3 is 0 Å². The molecular formula is C12H12N2O3S2. The average molecular weight is 296 g/mol. The van der Waals surface area contributed by atoms with Gasteiger partial charge in [0.05, 0.1) is 28.5 Å². The molecule has 0 unspecified atom stereocenters. The van der Waals surface area contributed by atoms with E-state index in [1.54, 1.807) is 18.2 Å². The van der Waals surface area contributed by atoms with Crippen LogP contribution < -0.4 is 5.56 Å². The summed E-state index contributed by atoms with van der Waals surface area (Å²) in [6.07, 6.45) is 0.443. The Morgan fingerprint density at radius 1 is 1.32 bits per heavy atom. The Balaban J connectivity index is 2.25. The Morgan fingerprint density at radius 2 is 2.05 bits per heavy atom. The molecule has 5 nitrogen and oxygen atoms in total. The van der Waals surface area contributed by atoms with Crippen LogP contribution in [0.3, 0.4) is 0 Å². The lowest BCUT2D eigenvalue weighted by atomic mass is 10.2. The molecule has 1 fully saturated rings. The van der Waals surface area contributed by atoms with Crippen molar-refractivity contribution >= 4 is 33.0 Å². The van der Waals surface area contributed by atoms with E-state index < -0.39 is 9.84 Å². The maximum Gasteiger partial charge on any atom is 0.262 e. The average Bonchev–Trinajstić information content (AvgIpc) is 2.69. The van der Waals surface area contributed by atoms with Crippen LogP contribution in [-0.2, 0) is 9.84 Å². The molecule has 1 aromatic carbocycles. The molecule has 0 saturated carbocycles. The molecule has 1 aliphatic heterocycles. The van der Waals surface area contributed by atoms with Crippen LogP contribution in [0.5, 0.6) is 0 Å². The summed E-state index contributed by atoms with van der Waals surface area (Å²) < 4.78 is 24.8. The third-order valence-corrected chi connectivity index (χ3v) is 5.46. The van der Waals surface area contributed by atoms with E-state index in [9.17, 15) is 13.2 Å². The first-order valence-electron chi connectivity index (χ1n) is 5.92. The summed E-state index contributed by atoms with van der Waals surface area (Å²) in [4.78, 5) is 15.4. The first-order valence-corrected chi connectivity index (χ1v) is 8.15. The molecule has 1 aliphatic rings. The van der Waals surface area contributed by atoms with Crippen molar-refractivity contribution in [2.75, 3.05) is 11.5 Å². The second-order valence-electron chi connectivity index (χ2n) is 4.71. The van der Waals surface area contributed by atoms with E-state index in [0.29, 0.717) is 17.3 Å². The van der Waals surface area contributed by atoms with Gasteiger partial charge < -0.3 is 4.98 Å². The number of hydrogen-bond donors (Lipinski definition) is 1. The number of sulfone groups is 1. The second-order valence-corrected chi connectivity index (χ2v) is 7.32. The summed E-state index contributed by atoms with van der Waals surface area (Å²) in [6, 6.07) is 6.73. The van der Waals surface area contributed by atoms with Crippen molar-refractivity contribution in [1.82, 2.24) is 9.55 Å². The van der Waals surface area contributed by atoms with E-state index in [4.69, 9.17) is 12.2 Å². The highest BCUT2D eigenvalue weighted by Crippen LogP contribution is 2.23. The van der Waals surface area contributed by atoms with Crippen molar-refractivity contribution in [2.45, 2.75) is 12.5 Å². The molecule has 1 aromatic heterocycles. The third kappa shape index (κ3) is 2.12. The minimum absolute atomic E-state index is 0.0112. The summed E-state index contributed by atoms with van der Waals surface area (Å²) in [5, 5.41) is 0.528. The van der Waals surface area contributed by atoms with E-state index in [-0.39, 0.29) is 27.9 Å². The Kier molecular flexibility index (Phi) is 2.83. The fourth-order valence-electron chi connectivity index (χ4n) is 2.49. The molecule has 1 N–H and O–H groups in total. The zero-order valence-electron chi connectivity index (χ0n) is 10.00. The molecule has 0 radical (unpaired) electrons. The highest BCUT2D eigenvalue weighted by atomic mass is 32.2. The number of aromatic amines is 1. The van der Waals surface area contributed by atoms with Crippen LogP contribution in [0.15, 0.2) is 29.1 Å². The predicted molar refractivity (Wildman–Crippen MR) is 75.7 cm³/mol. The van der Waals surface area contributed by atoms with Gasteiger partial charge in [-0.05, 0) is 30.8 Å². The number of benzene rings is 1. The number of nitrogens with one attached hydrogen (secondary N) is 1. The molecule has 1 atom stereocenters. The van der Waals surface area contributed by atoms with Crippen LogP contribution >= 0.6 is 12.2 Å². The van der Waals surface area contributed by atoms with Gasteiger partial charge in [0.25, 0.3) is 5.56 Å². The van der Waals surface area contributed by atoms with Crippen molar-refractivity contribution in [2.24, 2.45) is 0 Å². The fourth-order valence-corrected chi connectivity index (χ4v) is 4.53. The van der Waals surface area contributed by atoms with Crippen LogP contribution in [0.2, 0.25) is 0 Å². The summed E-state index contributed by atoms with van der Waals surface area (Å²) in [6.45, 7) is 0. The quantitative estimate of drug-likeness (QED) is 0.808. The van der Waals surface area contributed by atoms with Gasteiger partial charge in [0.1, 0.15) is 0 Å². The normalized spacial score (nSPS) is 21.8. The zero-order valence-corrected chi connectivity index (χ0v) is 11.6. The van der Waals surface area contributed by atoms with Crippen LogP contribution in [0.4, 0.5) is 0 Å². The lowest BCUT2D eigenvalue weighted by Crippen LogP contribution is -2.27. The number of rotatable bonds is 1. The molecule has 100 valence electrons. The van der Waals surface area contributed by atoms with Gasteiger partial charge in [0.2, 0.25) is 0 Å². The Hall–Kier alpha value is -1.47. The zero-order chi connectivity index (χ0) is 13.6. The predicted octanol–water partition coefficient (Wildman–Crippen LogP) is 1.42. The summed E-state index contributed by atoms with van der Waals surface area (Å²) in [5.41, 5.74) is 0.455. The number of H-pyrrole nitrogens is 1. The highest BCUT2D eigenvalue weighted by Gasteiger charge is 2.30. The van der Waals surface area contributed by atoms with E-state index >= 15 is 0 Å². The molecular weight excluding hydrogens is 284 g/mol. The third-order valence-electron chi connectivity index (χ3n) is 3.41. The van der Waals surface area contributed by atoms with E-state index in [1.807, 2.05) is 6.07 Å². The Morgan fingerprint density at radius 3 is 2.74 bits per heavy atom. The molecule has 19 heavy (non-hydrogen) atoms. The maximum absolute atomic E-state index is 12.4. The molecule has 1 saturated heterocycles. The highest BCUT2D eigenvalue weighted by molar-refractivity contribution is 7.91. The lowest BCUT2D eigenvalue weighted by molar-refractivity contribution is 0.527. The van der Waals surface area contributed by atoms with Gasteiger partial charge in [0.15, 0.2) is 14.6 Å². The van der Waals surface area contributed by atoms with Crippen molar-refractivity contribution in [3.05, 3.63) is 39.4 Å². The first-order chi connectivity index (χ1) is 8.98. The minimum Gasteiger partial charge on any atom is -0.332 e. The van der Waals surface area contributed by atoms with E-state index in [0.717, 1.165) is 0 Å². The second kappa shape index (κ2) is 4.28. The van der Waals surface area contributed by atoms with Crippen LogP contribution in [0.1, 0.15) is 12.5 Å². The summed E-state index contributed by atoms with van der Waals surface area (Å²) >= 11 is 5.19. The van der Waals surface area contributed by atoms with Crippen molar-refractivity contribution in [1.29, 1.82) is 0 Å². The minimum atomic E-state index is -3.05. The molecule has 3 rings (SSSR count). The monoisotopic (exact) mass is 296 g/mol. The molecule has 0 spiro atoms. The molecule has 7 heteroatoms. The van der Waals surface area contributed by atoms with Gasteiger partial charge in [-0.1, -0.05) is 12.1 Å². The van der Waals surface area contributed by atoms with Gasteiger partial charge in [-0.15, -0.1) is 0 Å². The number of hydrogen-bond acceptors (Lipinski definition) is 4. The van der Waals surface area contributed by atoms with Gasteiger partial charge in [-0.25, -0.2) is 8.42 Å². The summed E-state index contributed by atoms with van der Waals surface area (Å²) in [5.74, 6) is 0.106. The summed E-state index contributed by atoms with van der Waals surface area (Å²) in [7, 11) is -3.05. The molecule has 0 amide bonds. The fraction of sp³-hybridized carbons (Fsp3) is 0.333. The van der Waals surface area contributed by atoms with Crippen molar-refractivity contribution < 1.29 is 8.42 Å². The largest absolute Gasteiger partial charge is 0.332 e. The molecule has 2 aromatic rings. The number of aromatic nitrogens is 2. The van der Waals surface area contributed by atoms with Gasteiger partial charge in [0, 0.05) is 0 Å². The topological polar surface area (TPSA) is 71.9 Å². The smallest absolute Gasteiger partial charge is 0.262 e. The van der Waals surface area contributed by atoms with Gasteiger partial charge in [-0.2, -0.15) is 0 Å². The lowest BCUT2D eigenvalue weighted by Gasteiger charge is -2.13. The first kappa shape index (κ1) is 12.6. The number of fused-ring (bicyclic) bond motifs is 1. The molecule has 0 aliphatic carbocycles. The Labute approximate surface area is 114 Å². The van der Waals surface area contributed by atoms with Crippen LogP contribution in [-0.4, -0.2) is 29.5 Å². The van der Waals surface area contributed by atoms with Crippen LogP contribution in [0.25, 0.3) is 10.9 Å². The van der Waals surface area contributed by atoms with Gasteiger partial charge in [-0.3, -0.25) is 9.36 Å². The van der Waals surface area contributed by atoms with E-state index in [1.165, 1.54) is 4.57 Å². The molecule has 0 bridgehead atoms. The standard InChI is InChI=1S/C12H12N2O3S2/c15-11-9-3-1-2-4-10(9)13-12(18)14(11)8-5-6-19(16,17)7-8/h1-4,8H,5-7H2,(H,13,18)/t8-/m0/s1. The Bertz CT molecular complexity index is 864. The molecule has 2 heterocycles. The van der Waals surface area contributed by atoms with E-state index in [2.05, 4.69) is 4.98 Å².